The molecule has 5 rings (SSSR count). The molecule has 1 aliphatic heterocycles. The predicted octanol–water partition coefficient (Wildman–Crippen LogP) is 5.13. The highest BCUT2D eigenvalue weighted by Crippen LogP contribution is 2.33. The molecule has 2 bridgehead atoms. The Bertz CT molecular complexity index is 1840. The monoisotopic (exact) mass is 660 g/mol. The first-order valence-electron chi connectivity index (χ1n) is 13.8. The number of aromatic nitrogens is 5. The van der Waals surface area contributed by atoms with Gasteiger partial charge in [0.25, 0.3) is 5.56 Å². The molecule has 0 aliphatic carbocycles. The highest BCUT2D eigenvalue weighted by atomic mass is 35.5. The lowest BCUT2D eigenvalue weighted by molar-refractivity contribution is -0.192. The summed E-state index contributed by atoms with van der Waals surface area (Å²) < 4.78 is 39.9. The lowest BCUT2D eigenvalue weighted by Crippen LogP contribution is -2.27. The summed E-state index contributed by atoms with van der Waals surface area (Å²) >= 11 is 6.19. The maximum atomic E-state index is 13.5. The molecule has 2 N–H and O–H groups in total. The number of aryl methyl sites for hydroxylation is 1. The molecule has 0 saturated carbocycles. The molecule has 16 heteroatoms. The fourth-order valence-corrected chi connectivity index (χ4v) is 5.06. The van der Waals surface area contributed by atoms with Gasteiger partial charge in [-0.05, 0) is 43.2 Å². The third-order valence-corrected chi connectivity index (χ3v) is 7.47. The van der Waals surface area contributed by atoms with Crippen molar-refractivity contribution < 1.29 is 37.4 Å². The number of fused-ring (bicyclic) bond motifs is 4. The van der Waals surface area contributed by atoms with Gasteiger partial charge in [0.2, 0.25) is 5.91 Å². The van der Waals surface area contributed by atoms with Crippen molar-refractivity contribution in [3.8, 4) is 22.5 Å². The van der Waals surface area contributed by atoms with Crippen LogP contribution in [-0.2, 0) is 21.4 Å². The summed E-state index contributed by atoms with van der Waals surface area (Å²) in [7, 11) is 3.10. The maximum absolute atomic E-state index is 13.5. The number of carbonyl (C=O) groups excluding carboxylic acids is 2. The molecular formula is C30H28ClF3N6O6. The van der Waals surface area contributed by atoms with Crippen molar-refractivity contribution in [1.82, 2.24) is 24.3 Å². The van der Waals surface area contributed by atoms with E-state index in [2.05, 4.69) is 20.4 Å². The second-order valence-corrected chi connectivity index (χ2v) is 10.8. The molecule has 0 radical (unpaired) electrons. The molecule has 4 aromatic rings. The van der Waals surface area contributed by atoms with Crippen molar-refractivity contribution in [2.45, 2.75) is 38.4 Å². The van der Waals surface area contributed by atoms with E-state index in [9.17, 15) is 27.6 Å². The first kappa shape index (κ1) is 33.8. The van der Waals surface area contributed by atoms with E-state index < -0.39 is 24.2 Å². The van der Waals surface area contributed by atoms with Crippen LogP contribution in [-0.4, -0.2) is 60.6 Å². The second kappa shape index (κ2) is 13.9. The van der Waals surface area contributed by atoms with Gasteiger partial charge in [0, 0.05) is 41.4 Å². The molecule has 1 amide bonds. The first-order chi connectivity index (χ1) is 21.7. The zero-order chi connectivity index (χ0) is 33.8. The lowest BCUT2D eigenvalue weighted by Gasteiger charge is -2.22. The molecule has 46 heavy (non-hydrogen) atoms. The minimum Gasteiger partial charge on any atom is -0.475 e. The third kappa shape index (κ3) is 7.59. The first-order valence-corrected chi connectivity index (χ1v) is 14.1. The zero-order valence-corrected chi connectivity index (χ0v) is 25.5. The number of esters is 1. The van der Waals surface area contributed by atoms with E-state index in [-0.39, 0.29) is 22.9 Å². The molecule has 12 nitrogen and oxygen atoms in total. The van der Waals surface area contributed by atoms with Crippen LogP contribution in [0.1, 0.15) is 48.3 Å². The van der Waals surface area contributed by atoms with Crippen LogP contribution in [0, 0.1) is 5.92 Å². The Balaban J connectivity index is 0.000000617. The van der Waals surface area contributed by atoms with Gasteiger partial charge in [-0.25, -0.2) is 14.6 Å². The Labute approximate surface area is 264 Å². The summed E-state index contributed by atoms with van der Waals surface area (Å²) in [4.78, 5) is 56.7. The summed E-state index contributed by atoms with van der Waals surface area (Å²) in [6.07, 6.45) is 1.58. The summed E-state index contributed by atoms with van der Waals surface area (Å²) in [5.41, 5.74) is 3.52. The van der Waals surface area contributed by atoms with Crippen LogP contribution >= 0.6 is 11.6 Å². The number of rotatable bonds is 3. The topological polar surface area (TPSA) is 158 Å². The average Bonchev–Trinajstić information content (AvgIpc) is 3.37. The fraction of sp³-hybridized carbons (Fsp3) is 0.300. The minimum absolute atomic E-state index is 0.0817. The molecule has 0 spiro atoms. The predicted molar refractivity (Wildman–Crippen MR) is 160 cm³/mol. The number of hydrogen-bond acceptors (Lipinski definition) is 8. The number of ether oxygens (including phenoxy) is 1. The maximum Gasteiger partial charge on any atom is 0.490 e. The van der Waals surface area contributed by atoms with Gasteiger partial charge in [-0.2, -0.15) is 18.3 Å². The summed E-state index contributed by atoms with van der Waals surface area (Å²) in [6.45, 7) is 1.88. The number of amides is 1. The number of hydrogen-bond donors (Lipinski definition) is 2. The molecule has 1 aliphatic rings. The van der Waals surface area contributed by atoms with Gasteiger partial charge < -0.3 is 15.2 Å². The molecule has 3 aromatic heterocycles. The Morgan fingerprint density at radius 3 is 2.48 bits per heavy atom. The molecule has 0 unspecified atom stereocenters. The molecule has 0 saturated heterocycles. The Morgan fingerprint density at radius 2 is 1.83 bits per heavy atom. The molecule has 0 fully saturated rings. The van der Waals surface area contributed by atoms with E-state index in [1.165, 1.54) is 19.5 Å². The Kier molecular flexibility index (Phi) is 10.2. The number of nitrogens with zero attached hydrogens (tertiary/aromatic N) is 5. The highest BCUT2D eigenvalue weighted by molar-refractivity contribution is 6.31. The van der Waals surface area contributed by atoms with Crippen LogP contribution in [0.25, 0.3) is 22.5 Å². The van der Waals surface area contributed by atoms with Crippen molar-refractivity contribution in [2.75, 3.05) is 12.4 Å². The SMILES string of the molecule is COC(=O)c1ccc(Cl)cc1-c1cc(=O)n([C@H]2CCC[C@@H](C)C(=O)Nc3cnn(C)c3-c3ccnc2c3)cn1.O=C(O)C(F)(F)F. The van der Waals surface area contributed by atoms with Crippen LogP contribution in [0.15, 0.2) is 59.9 Å². The smallest absolute Gasteiger partial charge is 0.475 e. The van der Waals surface area contributed by atoms with Gasteiger partial charge in [-0.15, -0.1) is 0 Å². The average molecular weight is 661 g/mol. The second-order valence-electron chi connectivity index (χ2n) is 10.3. The summed E-state index contributed by atoms with van der Waals surface area (Å²) in [6, 6.07) is 9.42. The number of halogens is 4. The van der Waals surface area contributed by atoms with Crippen LogP contribution in [0.2, 0.25) is 5.02 Å². The summed E-state index contributed by atoms with van der Waals surface area (Å²) in [5, 5.41) is 14.9. The van der Waals surface area contributed by atoms with Crippen LogP contribution in [0.4, 0.5) is 18.9 Å². The van der Waals surface area contributed by atoms with Crippen molar-refractivity contribution in [2.24, 2.45) is 13.0 Å². The number of pyridine rings is 1. The lowest BCUT2D eigenvalue weighted by atomic mass is 9.97. The number of carbonyl (C=O) groups is 3. The normalized spacial score (nSPS) is 16.5. The Hall–Kier alpha value is -5.05. The zero-order valence-electron chi connectivity index (χ0n) is 24.7. The molecular weight excluding hydrogens is 633 g/mol. The van der Waals surface area contributed by atoms with Gasteiger partial charge in [0.05, 0.1) is 54.0 Å². The van der Waals surface area contributed by atoms with E-state index >= 15 is 0 Å². The van der Waals surface area contributed by atoms with Gasteiger partial charge in [-0.1, -0.05) is 24.9 Å². The van der Waals surface area contributed by atoms with Crippen molar-refractivity contribution >= 4 is 35.1 Å². The third-order valence-electron chi connectivity index (χ3n) is 7.23. The summed E-state index contributed by atoms with van der Waals surface area (Å²) in [5.74, 6) is -3.63. The van der Waals surface area contributed by atoms with Crippen LogP contribution in [0.5, 0.6) is 0 Å². The van der Waals surface area contributed by atoms with Gasteiger partial charge in [0.15, 0.2) is 0 Å². The number of benzene rings is 1. The van der Waals surface area contributed by atoms with E-state index in [1.807, 2.05) is 26.1 Å². The van der Waals surface area contributed by atoms with E-state index in [1.54, 1.807) is 39.8 Å². The van der Waals surface area contributed by atoms with Gasteiger partial charge >= 0.3 is 18.1 Å². The number of anilines is 1. The van der Waals surface area contributed by atoms with Crippen LogP contribution < -0.4 is 10.9 Å². The van der Waals surface area contributed by atoms with Crippen molar-refractivity contribution in [3.05, 3.63) is 81.8 Å². The molecule has 1 aromatic carbocycles. The van der Waals surface area contributed by atoms with Gasteiger partial charge in [0.1, 0.15) is 0 Å². The molecule has 242 valence electrons. The molecule has 4 heterocycles. The van der Waals surface area contributed by atoms with Gasteiger partial charge in [-0.3, -0.25) is 23.8 Å². The quantitative estimate of drug-likeness (QED) is 0.284. The standard InChI is InChI=1S/C28H27ClN6O4.C2HF3O2/c1-16-5-4-6-24(22-11-17(9-10-30-22)26-23(33-27(16)37)14-32-34(26)2)35-15-31-21(13-25(35)36)20-12-18(29)7-8-19(20)28(38)39-3;3-2(4,5)1(6)7/h7-16,24H,4-6H2,1-3H3,(H,33,37);(H,6,7)/t16-,24+;/m1./s1. The van der Waals surface area contributed by atoms with Crippen LogP contribution in [0.3, 0.4) is 0 Å². The number of aliphatic carboxylic acids is 1. The minimum atomic E-state index is -5.08. The number of nitrogens with one attached hydrogen (secondary N) is 1. The van der Waals surface area contributed by atoms with E-state index in [4.69, 9.17) is 26.2 Å². The number of carboxylic acids is 1. The molecule has 2 atom stereocenters. The van der Waals surface area contributed by atoms with Crippen molar-refractivity contribution in [3.63, 3.8) is 0 Å². The number of carboxylic acid groups (broad SMARTS) is 1. The Morgan fingerprint density at radius 1 is 1.11 bits per heavy atom. The fourth-order valence-electron chi connectivity index (χ4n) is 4.89. The number of alkyl halides is 3. The largest absolute Gasteiger partial charge is 0.490 e. The number of methoxy groups -OCH3 is 1. The highest BCUT2D eigenvalue weighted by Gasteiger charge is 2.38. The van der Waals surface area contributed by atoms with Crippen molar-refractivity contribution in [1.29, 1.82) is 0 Å². The van der Waals surface area contributed by atoms with E-state index in [0.717, 1.165) is 11.3 Å². The van der Waals surface area contributed by atoms with E-state index in [0.29, 0.717) is 46.9 Å².